The zero-order valence-electron chi connectivity index (χ0n) is 13.2. The largest absolute Gasteiger partial charge is 0.507 e. The number of ether oxygens (including phenoxy) is 1. The predicted octanol–water partition coefficient (Wildman–Crippen LogP) is 3.26. The summed E-state index contributed by atoms with van der Waals surface area (Å²) in [6.07, 6.45) is 5.37. The third kappa shape index (κ3) is 4.04. The number of hydrogen-bond donors (Lipinski definition) is 1. The molecule has 0 radical (unpaired) electrons. The van der Waals surface area contributed by atoms with E-state index in [1.165, 1.54) is 6.07 Å². The van der Waals surface area contributed by atoms with Gasteiger partial charge < -0.3 is 14.7 Å². The van der Waals surface area contributed by atoms with Crippen LogP contribution in [0.15, 0.2) is 42.7 Å². The number of benzene rings is 1. The van der Waals surface area contributed by atoms with Crippen LogP contribution in [0.2, 0.25) is 5.02 Å². The number of aromatic hydroxyl groups is 1. The van der Waals surface area contributed by atoms with Crippen molar-refractivity contribution in [3.05, 3.63) is 58.9 Å². The molecule has 1 saturated heterocycles. The highest BCUT2D eigenvalue weighted by atomic mass is 35.5. The van der Waals surface area contributed by atoms with Gasteiger partial charge in [0.25, 0.3) is 5.91 Å². The van der Waals surface area contributed by atoms with Crippen LogP contribution in [0.4, 0.5) is 0 Å². The molecule has 6 heteroatoms. The number of aromatic nitrogens is 1. The van der Waals surface area contributed by atoms with Crippen LogP contribution in [0.5, 0.6) is 5.75 Å². The summed E-state index contributed by atoms with van der Waals surface area (Å²) in [6, 6.07) is 8.28. The SMILES string of the molecule is O=C(c1ccc(Cl)cc1O)N(Cc1ccncc1)CC1CCCO1. The van der Waals surface area contributed by atoms with Gasteiger partial charge in [-0.05, 0) is 48.7 Å². The van der Waals surface area contributed by atoms with Gasteiger partial charge in [-0.1, -0.05) is 11.6 Å². The molecule has 0 aliphatic carbocycles. The van der Waals surface area contributed by atoms with E-state index >= 15 is 0 Å². The van der Waals surface area contributed by atoms with Crippen LogP contribution in [0.1, 0.15) is 28.8 Å². The number of nitrogens with zero attached hydrogens (tertiary/aromatic N) is 2. The fraction of sp³-hybridized carbons (Fsp3) is 0.333. The van der Waals surface area contributed by atoms with E-state index in [0.717, 1.165) is 25.0 Å². The average Bonchev–Trinajstić information content (AvgIpc) is 3.08. The zero-order valence-corrected chi connectivity index (χ0v) is 13.9. The third-order valence-electron chi connectivity index (χ3n) is 4.05. The van der Waals surface area contributed by atoms with Crippen molar-refractivity contribution in [2.45, 2.75) is 25.5 Å². The molecule has 0 saturated carbocycles. The maximum atomic E-state index is 12.9. The van der Waals surface area contributed by atoms with Gasteiger partial charge in [0.1, 0.15) is 5.75 Å². The van der Waals surface area contributed by atoms with Crippen molar-refractivity contribution in [3.63, 3.8) is 0 Å². The van der Waals surface area contributed by atoms with Gasteiger partial charge in [0.05, 0.1) is 11.7 Å². The van der Waals surface area contributed by atoms with Crippen LogP contribution in [-0.4, -0.2) is 40.2 Å². The smallest absolute Gasteiger partial charge is 0.258 e. The number of amides is 1. The van der Waals surface area contributed by atoms with Crippen molar-refractivity contribution in [1.29, 1.82) is 0 Å². The van der Waals surface area contributed by atoms with E-state index in [2.05, 4.69) is 4.98 Å². The van der Waals surface area contributed by atoms with Gasteiger partial charge in [0, 0.05) is 37.1 Å². The normalized spacial score (nSPS) is 17.0. The number of pyridine rings is 1. The third-order valence-corrected chi connectivity index (χ3v) is 4.28. The van der Waals surface area contributed by atoms with E-state index < -0.39 is 0 Å². The quantitative estimate of drug-likeness (QED) is 0.902. The first-order valence-corrected chi connectivity index (χ1v) is 8.29. The highest BCUT2D eigenvalue weighted by Crippen LogP contribution is 2.25. The van der Waals surface area contributed by atoms with Crippen LogP contribution in [0, 0.1) is 0 Å². The van der Waals surface area contributed by atoms with Gasteiger partial charge in [0.2, 0.25) is 0 Å². The van der Waals surface area contributed by atoms with E-state index in [1.807, 2.05) is 12.1 Å². The molecule has 1 amide bonds. The van der Waals surface area contributed by atoms with Gasteiger partial charge in [-0.2, -0.15) is 0 Å². The summed E-state index contributed by atoms with van der Waals surface area (Å²) < 4.78 is 5.67. The Morgan fingerprint density at radius 3 is 2.79 bits per heavy atom. The van der Waals surface area contributed by atoms with Gasteiger partial charge in [-0.3, -0.25) is 9.78 Å². The minimum atomic E-state index is -0.239. The fourth-order valence-corrected chi connectivity index (χ4v) is 2.98. The number of hydrogen-bond acceptors (Lipinski definition) is 4. The lowest BCUT2D eigenvalue weighted by Crippen LogP contribution is -2.37. The first-order chi connectivity index (χ1) is 11.6. The molecule has 1 aliphatic heterocycles. The van der Waals surface area contributed by atoms with Crippen molar-refractivity contribution >= 4 is 17.5 Å². The summed E-state index contributed by atoms with van der Waals surface area (Å²) in [6.45, 7) is 1.65. The highest BCUT2D eigenvalue weighted by molar-refractivity contribution is 6.30. The Labute approximate surface area is 145 Å². The second-order valence-electron chi connectivity index (χ2n) is 5.84. The van der Waals surface area contributed by atoms with Crippen LogP contribution in [0.3, 0.4) is 0 Å². The second kappa shape index (κ2) is 7.64. The van der Waals surface area contributed by atoms with Crippen LogP contribution < -0.4 is 0 Å². The number of carbonyl (C=O) groups excluding carboxylic acids is 1. The van der Waals surface area contributed by atoms with Crippen molar-refractivity contribution in [2.75, 3.05) is 13.2 Å². The number of halogens is 1. The maximum absolute atomic E-state index is 12.9. The fourth-order valence-electron chi connectivity index (χ4n) is 2.82. The summed E-state index contributed by atoms with van der Waals surface area (Å²) in [5.41, 5.74) is 1.22. The van der Waals surface area contributed by atoms with Gasteiger partial charge in [-0.25, -0.2) is 0 Å². The Balaban J connectivity index is 1.83. The molecule has 1 aromatic carbocycles. The molecular formula is C18H19ClN2O3. The van der Waals surface area contributed by atoms with Gasteiger partial charge in [-0.15, -0.1) is 0 Å². The predicted molar refractivity (Wildman–Crippen MR) is 91.1 cm³/mol. The Kier molecular flexibility index (Phi) is 5.33. The van der Waals surface area contributed by atoms with Crippen molar-refractivity contribution in [2.24, 2.45) is 0 Å². The molecule has 2 aromatic rings. The maximum Gasteiger partial charge on any atom is 0.258 e. The minimum Gasteiger partial charge on any atom is -0.507 e. The molecule has 1 aromatic heterocycles. The minimum absolute atomic E-state index is 0.0326. The van der Waals surface area contributed by atoms with Gasteiger partial charge >= 0.3 is 0 Å². The standard InChI is InChI=1S/C18H19ClN2O3/c19-14-3-4-16(17(22)10-14)18(23)21(12-15-2-1-9-24-15)11-13-5-7-20-8-6-13/h3-8,10,15,22H,1-2,9,11-12H2. The molecule has 1 N–H and O–H groups in total. The summed E-state index contributed by atoms with van der Waals surface area (Å²) >= 11 is 5.86. The molecular weight excluding hydrogens is 328 g/mol. The lowest BCUT2D eigenvalue weighted by Gasteiger charge is -2.26. The van der Waals surface area contributed by atoms with E-state index in [1.54, 1.807) is 29.4 Å². The molecule has 3 rings (SSSR count). The van der Waals surface area contributed by atoms with Crippen molar-refractivity contribution in [1.82, 2.24) is 9.88 Å². The summed E-state index contributed by atoms with van der Waals surface area (Å²) in [5, 5.41) is 10.5. The molecule has 5 nitrogen and oxygen atoms in total. The van der Waals surface area contributed by atoms with Crippen LogP contribution in [-0.2, 0) is 11.3 Å². The highest BCUT2D eigenvalue weighted by Gasteiger charge is 2.25. The molecule has 1 unspecified atom stereocenters. The Hall–Kier alpha value is -2.11. The number of phenols is 1. The summed E-state index contributed by atoms with van der Waals surface area (Å²) in [5.74, 6) is -0.351. The molecule has 1 atom stereocenters. The first-order valence-electron chi connectivity index (χ1n) is 7.92. The summed E-state index contributed by atoms with van der Waals surface area (Å²) in [7, 11) is 0. The van der Waals surface area contributed by atoms with E-state index in [-0.39, 0.29) is 23.3 Å². The Morgan fingerprint density at radius 2 is 2.12 bits per heavy atom. The van der Waals surface area contributed by atoms with E-state index in [0.29, 0.717) is 18.1 Å². The van der Waals surface area contributed by atoms with Crippen LogP contribution >= 0.6 is 11.6 Å². The molecule has 0 bridgehead atoms. The van der Waals surface area contributed by atoms with E-state index in [4.69, 9.17) is 16.3 Å². The lowest BCUT2D eigenvalue weighted by molar-refractivity contribution is 0.0505. The molecule has 0 spiro atoms. The molecule has 126 valence electrons. The zero-order chi connectivity index (χ0) is 16.9. The Bertz CT molecular complexity index is 703. The Morgan fingerprint density at radius 1 is 1.33 bits per heavy atom. The average molecular weight is 347 g/mol. The molecule has 1 fully saturated rings. The van der Waals surface area contributed by atoms with E-state index in [9.17, 15) is 9.90 Å². The molecule has 2 heterocycles. The number of carbonyl (C=O) groups is 1. The van der Waals surface area contributed by atoms with Gasteiger partial charge in [0.15, 0.2) is 0 Å². The summed E-state index contributed by atoms with van der Waals surface area (Å²) in [4.78, 5) is 18.6. The van der Waals surface area contributed by atoms with Crippen molar-refractivity contribution in [3.8, 4) is 5.75 Å². The first kappa shape index (κ1) is 16.7. The topological polar surface area (TPSA) is 62.7 Å². The van der Waals surface area contributed by atoms with Crippen molar-refractivity contribution < 1.29 is 14.6 Å². The number of phenolic OH excluding ortho intramolecular Hbond substituents is 1. The van der Waals surface area contributed by atoms with Crippen LogP contribution in [0.25, 0.3) is 0 Å². The second-order valence-corrected chi connectivity index (χ2v) is 6.27. The number of rotatable bonds is 5. The molecule has 1 aliphatic rings. The monoisotopic (exact) mass is 346 g/mol. The lowest BCUT2D eigenvalue weighted by atomic mass is 10.1. The molecule has 24 heavy (non-hydrogen) atoms.